The van der Waals surface area contributed by atoms with Gasteiger partial charge in [0.1, 0.15) is 5.82 Å². The van der Waals surface area contributed by atoms with Gasteiger partial charge in [-0.3, -0.25) is 4.79 Å². The Morgan fingerprint density at radius 2 is 2.12 bits per heavy atom. The van der Waals surface area contributed by atoms with Gasteiger partial charge in [-0.05, 0) is 37.8 Å². The lowest BCUT2D eigenvalue weighted by atomic mass is 9.99. The number of hydrogen-bond donors (Lipinski definition) is 3. The van der Waals surface area contributed by atoms with Crippen LogP contribution in [0.25, 0.3) is 0 Å². The third kappa shape index (κ3) is 4.92. The number of carbonyl (C=O) groups excluding carboxylic acids is 1. The van der Waals surface area contributed by atoms with Crippen LogP contribution >= 0.6 is 11.8 Å². The predicted molar refractivity (Wildman–Crippen MR) is 97.9 cm³/mol. The summed E-state index contributed by atoms with van der Waals surface area (Å²) in [4.78, 5) is 16.0. The van der Waals surface area contributed by atoms with Gasteiger partial charge in [0.2, 0.25) is 11.1 Å². The van der Waals surface area contributed by atoms with Gasteiger partial charge in [0.25, 0.3) is 5.95 Å². The third-order valence-electron chi connectivity index (χ3n) is 3.67. The number of thioether (sulfide) groups is 1. The minimum atomic E-state index is -0.191. The van der Waals surface area contributed by atoms with E-state index >= 15 is 0 Å². The zero-order valence-corrected chi connectivity index (χ0v) is 14.5. The van der Waals surface area contributed by atoms with Crippen LogP contribution in [0.15, 0.2) is 34.7 Å². The molecule has 10 heteroatoms. The largest absolute Gasteiger partial charge is 0.334 e. The number of nitrogen functional groups attached to an aromatic ring is 1. The van der Waals surface area contributed by atoms with Crippen LogP contribution in [0.5, 0.6) is 0 Å². The molecule has 1 saturated carbocycles. The maximum absolute atomic E-state index is 11.9. The van der Waals surface area contributed by atoms with Crippen molar-refractivity contribution in [1.29, 1.82) is 0 Å². The molecular formula is C15H20N8OS. The molecule has 132 valence electrons. The maximum atomic E-state index is 11.9. The lowest BCUT2D eigenvalue weighted by Crippen LogP contribution is -2.17. The van der Waals surface area contributed by atoms with Crippen molar-refractivity contribution >= 4 is 35.1 Å². The van der Waals surface area contributed by atoms with Crippen LogP contribution in [0.2, 0.25) is 0 Å². The molecule has 3 rings (SSSR count). The molecule has 0 aromatic carbocycles. The van der Waals surface area contributed by atoms with Crippen molar-refractivity contribution in [3.05, 3.63) is 24.4 Å². The van der Waals surface area contributed by atoms with Crippen molar-refractivity contribution in [3.63, 3.8) is 0 Å². The number of rotatable bonds is 6. The summed E-state index contributed by atoms with van der Waals surface area (Å²) in [6, 6.07) is 5.31. The second-order valence-electron chi connectivity index (χ2n) is 5.58. The molecule has 1 aliphatic rings. The molecule has 0 aliphatic heterocycles. The second kappa shape index (κ2) is 8.47. The summed E-state index contributed by atoms with van der Waals surface area (Å²) in [7, 11) is 0. The molecule has 0 atom stereocenters. The molecule has 2 aromatic rings. The highest BCUT2D eigenvalue weighted by atomic mass is 32.2. The molecule has 1 amide bonds. The van der Waals surface area contributed by atoms with Gasteiger partial charge in [0, 0.05) is 11.9 Å². The molecule has 25 heavy (non-hydrogen) atoms. The first-order valence-corrected chi connectivity index (χ1v) is 9.06. The highest BCUT2D eigenvalue weighted by Crippen LogP contribution is 2.18. The summed E-state index contributed by atoms with van der Waals surface area (Å²) in [6.45, 7) is 0. The lowest BCUT2D eigenvalue weighted by Gasteiger charge is -2.12. The van der Waals surface area contributed by atoms with Gasteiger partial charge in [0.15, 0.2) is 0 Å². The maximum Gasteiger partial charge on any atom is 0.264 e. The van der Waals surface area contributed by atoms with Crippen LogP contribution in [-0.4, -0.2) is 37.2 Å². The van der Waals surface area contributed by atoms with Gasteiger partial charge in [-0.25, -0.2) is 15.1 Å². The number of anilines is 2. The number of nitrogens with two attached hydrogens (primary N) is 1. The minimum Gasteiger partial charge on any atom is -0.334 e. The van der Waals surface area contributed by atoms with E-state index in [0.29, 0.717) is 16.9 Å². The zero-order chi connectivity index (χ0) is 17.5. The van der Waals surface area contributed by atoms with Crippen LogP contribution in [0.1, 0.15) is 32.1 Å². The SMILES string of the molecule is Nn1c(NN=C2CCCCC2)nnc1SCC(=O)Nc1ccccn1. The van der Waals surface area contributed by atoms with Crippen LogP contribution < -0.4 is 16.6 Å². The Bertz CT molecular complexity index is 737. The fourth-order valence-electron chi connectivity index (χ4n) is 2.40. The van der Waals surface area contributed by atoms with Gasteiger partial charge in [0.05, 0.1) is 5.75 Å². The van der Waals surface area contributed by atoms with Gasteiger partial charge in [-0.15, -0.1) is 10.2 Å². The Kier molecular flexibility index (Phi) is 5.83. The van der Waals surface area contributed by atoms with E-state index in [4.69, 9.17) is 5.84 Å². The number of pyridine rings is 1. The van der Waals surface area contributed by atoms with E-state index in [-0.39, 0.29) is 11.7 Å². The smallest absolute Gasteiger partial charge is 0.264 e. The number of carbonyl (C=O) groups is 1. The van der Waals surface area contributed by atoms with E-state index in [1.165, 1.54) is 35.7 Å². The molecule has 0 unspecified atom stereocenters. The van der Waals surface area contributed by atoms with E-state index in [0.717, 1.165) is 18.6 Å². The Morgan fingerprint density at radius 1 is 1.28 bits per heavy atom. The van der Waals surface area contributed by atoms with Crippen LogP contribution in [0.4, 0.5) is 11.8 Å². The fraction of sp³-hybridized carbons (Fsp3) is 0.400. The molecule has 9 nitrogen and oxygen atoms in total. The Balaban J connectivity index is 1.51. The number of hydrogen-bond acceptors (Lipinski definition) is 8. The Labute approximate surface area is 149 Å². The van der Waals surface area contributed by atoms with Crippen molar-refractivity contribution < 1.29 is 4.79 Å². The number of hydrazone groups is 1. The van der Waals surface area contributed by atoms with Crippen molar-refractivity contribution in [3.8, 4) is 0 Å². The topological polar surface area (TPSA) is 123 Å². The summed E-state index contributed by atoms with van der Waals surface area (Å²) < 4.78 is 1.30. The molecule has 0 spiro atoms. The fourth-order valence-corrected chi connectivity index (χ4v) is 3.05. The molecule has 1 aliphatic carbocycles. The zero-order valence-electron chi connectivity index (χ0n) is 13.7. The molecule has 4 N–H and O–H groups in total. The van der Waals surface area contributed by atoms with Crippen LogP contribution in [0, 0.1) is 0 Å². The van der Waals surface area contributed by atoms with Crippen LogP contribution in [0.3, 0.4) is 0 Å². The molecule has 2 aromatic heterocycles. The minimum absolute atomic E-state index is 0.153. The van der Waals surface area contributed by atoms with Gasteiger partial charge in [-0.1, -0.05) is 24.2 Å². The van der Waals surface area contributed by atoms with E-state index < -0.39 is 0 Å². The normalized spacial score (nSPS) is 14.2. The molecular weight excluding hydrogens is 340 g/mol. The first-order valence-electron chi connectivity index (χ1n) is 8.08. The first-order chi connectivity index (χ1) is 12.2. The Morgan fingerprint density at radius 3 is 2.88 bits per heavy atom. The number of nitrogens with zero attached hydrogens (tertiary/aromatic N) is 5. The highest BCUT2D eigenvalue weighted by Gasteiger charge is 2.13. The lowest BCUT2D eigenvalue weighted by molar-refractivity contribution is -0.113. The van der Waals surface area contributed by atoms with Gasteiger partial charge >= 0.3 is 0 Å². The quantitative estimate of drug-likeness (QED) is 0.408. The monoisotopic (exact) mass is 360 g/mol. The van der Waals surface area contributed by atoms with E-state index in [9.17, 15) is 4.79 Å². The van der Waals surface area contributed by atoms with Gasteiger partial charge in [-0.2, -0.15) is 5.10 Å². The van der Waals surface area contributed by atoms with Crippen molar-refractivity contribution in [2.75, 3.05) is 22.3 Å². The Hall–Kier alpha value is -2.62. The third-order valence-corrected chi connectivity index (χ3v) is 4.62. The standard InChI is InChI=1S/C15H20N8OS/c16-23-14(20-19-11-6-2-1-3-7-11)21-22-15(23)25-10-13(24)18-12-8-4-5-9-17-12/h4-5,8-9H,1-3,6-7,10,16H2,(H,20,21)(H,17,18,24). The number of nitrogens with one attached hydrogen (secondary N) is 2. The summed E-state index contributed by atoms with van der Waals surface area (Å²) in [6.07, 6.45) is 7.21. The summed E-state index contributed by atoms with van der Waals surface area (Å²) in [5.41, 5.74) is 3.98. The molecule has 2 heterocycles. The summed E-state index contributed by atoms with van der Waals surface area (Å²) in [5.74, 6) is 6.77. The highest BCUT2D eigenvalue weighted by molar-refractivity contribution is 7.99. The molecule has 1 fully saturated rings. The second-order valence-corrected chi connectivity index (χ2v) is 6.52. The van der Waals surface area contributed by atoms with Crippen molar-refractivity contribution in [2.45, 2.75) is 37.3 Å². The van der Waals surface area contributed by atoms with E-state index in [1.54, 1.807) is 24.4 Å². The number of amides is 1. The van der Waals surface area contributed by atoms with Gasteiger partial charge < -0.3 is 11.2 Å². The summed E-state index contributed by atoms with van der Waals surface area (Å²) in [5, 5.41) is 15.4. The number of aromatic nitrogens is 4. The van der Waals surface area contributed by atoms with Crippen LogP contribution in [-0.2, 0) is 4.79 Å². The van der Waals surface area contributed by atoms with Crippen molar-refractivity contribution in [1.82, 2.24) is 19.9 Å². The van der Waals surface area contributed by atoms with E-state index in [2.05, 4.69) is 31.0 Å². The average Bonchev–Trinajstić information content (AvgIpc) is 3.00. The predicted octanol–water partition coefficient (Wildman–Crippen LogP) is 1.85. The first kappa shape index (κ1) is 17.2. The average molecular weight is 360 g/mol. The van der Waals surface area contributed by atoms with Crippen molar-refractivity contribution in [2.24, 2.45) is 5.10 Å². The molecule has 0 bridgehead atoms. The summed E-state index contributed by atoms with van der Waals surface area (Å²) >= 11 is 1.19. The molecule has 0 saturated heterocycles. The van der Waals surface area contributed by atoms with E-state index in [1.807, 2.05) is 0 Å². The molecule has 0 radical (unpaired) electrons.